The van der Waals surface area contributed by atoms with Gasteiger partial charge in [0.25, 0.3) is 0 Å². The zero-order valence-corrected chi connectivity index (χ0v) is 13.4. The largest absolute Gasteiger partial charge is 0.465 e. The van der Waals surface area contributed by atoms with Gasteiger partial charge in [0.05, 0.1) is 6.61 Å². The molecule has 1 aliphatic rings. The quantitative estimate of drug-likeness (QED) is 0.783. The van der Waals surface area contributed by atoms with Gasteiger partial charge in [-0.1, -0.05) is 13.3 Å². The summed E-state index contributed by atoms with van der Waals surface area (Å²) in [6.07, 6.45) is 8.82. The molecule has 0 saturated heterocycles. The van der Waals surface area contributed by atoms with E-state index < -0.39 is 5.54 Å². The summed E-state index contributed by atoms with van der Waals surface area (Å²) >= 11 is 0. The Balaban J connectivity index is 2.05. The van der Waals surface area contributed by atoms with E-state index in [0.29, 0.717) is 12.5 Å². The number of rotatable bonds is 7. The van der Waals surface area contributed by atoms with Gasteiger partial charge in [-0.15, -0.1) is 0 Å². The number of nitrogens with one attached hydrogen (secondary N) is 1. The molecule has 5 nitrogen and oxygen atoms in total. The second-order valence-corrected chi connectivity index (χ2v) is 5.71. The Morgan fingerprint density at radius 1 is 1.57 bits per heavy atom. The molecule has 0 radical (unpaired) electrons. The summed E-state index contributed by atoms with van der Waals surface area (Å²) in [5, 5.41) is 3.27. The summed E-state index contributed by atoms with van der Waals surface area (Å²) in [6.45, 7) is 5.34. The van der Waals surface area contributed by atoms with Crippen molar-refractivity contribution in [2.75, 3.05) is 13.7 Å². The lowest BCUT2D eigenvalue weighted by molar-refractivity contribution is -0.153. The third kappa shape index (κ3) is 3.12. The number of carbonyl (C=O) groups excluding carboxylic acids is 1. The first kappa shape index (κ1) is 16.0. The fraction of sp³-hybridized carbons (Fsp3) is 0.750. The van der Waals surface area contributed by atoms with Gasteiger partial charge in [-0.05, 0) is 39.2 Å². The summed E-state index contributed by atoms with van der Waals surface area (Å²) in [5.41, 5.74) is -0.497. The predicted octanol–water partition coefficient (Wildman–Crippen LogP) is 2.16. The smallest absolute Gasteiger partial charge is 0.326 e. The van der Waals surface area contributed by atoms with Gasteiger partial charge in [-0.3, -0.25) is 4.79 Å². The highest BCUT2D eigenvalue weighted by atomic mass is 16.5. The first-order valence-corrected chi connectivity index (χ1v) is 8.04. The number of hydrogen-bond acceptors (Lipinski definition) is 4. The lowest BCUT2D eigenvalue weighted by atomic mass is 9.84. The maximum atomic E-state index is 12.4. The van der Waals surface area contributed by atoms with Crippen LogP contribution in [0.2, 0.25) is 0 Å². The molecule has 0 amide bonds. The zero-order valence-electron chi connectivity index (χ0n) is 13.4. The molecular weight excluding hydrogens is 266 g/mol. The molecule has 2 unspecified atom stereocenters. The Morgan fingerprint density at radius 3 is 3.05 bits per heavy atom. The van der Waals surface area contributed by atoms with Crippen LogP contribution in [0, 0.1) is 5.92 Å². The van der Waals surface area contributed by atoms with Crippen LogP contribution in [-0.2, 0) is 22.5 Å². The summed E-state index contributed by atoms with van der Waals surface area (Å²) in [6, 6.07) is 0. The molecule has 5 heteroatoms. The number of imidazole rings is 1. The molecule has 1 fully saturated rings. The van der Waals surface area contributed by atoms with Crippen molar-refractivity contribution in [3.8, 4) is 0 Å². The predicted molar refractivity (Wildman–Crippen MR) is 82.0 cm³/mol. The second-order valence-electron chi connectivity index (χ2n) is 5.71. The number of hydrogen-bond donors (Lipinski definition) is 1. The molecule has 2 atom stereocenters. The minimum absolute atomic E-state index is 0.0867. The minimum Gasteiger partial charge on any atom is -0.465 e. The van der Waals surface area contributed by atoms with Crippen molar-refractivity contribution in [2.24, 2.45) is 5.92 Å². The van der Waals surface area contributed by atoms with Crippen LogP contribution in [0.3, 0.4) is 0 Å². The third-order valence-corrected chi connectivity index (χ3v) is 4.74. The maximum Gasteiger partial charge on any atom is 0.326 e. The minimum atomic E-state index is -0.497. The van der Waals surface area contributed by atoms with Gasteiger partial charge < -0.3 is 14.6 Å². The normalized spacial score (nSPS) is 25.2. The summed E-state index contributed by atoms with van der Waals surface area (Å²) in [7, 11) is 1.88. The summed E-state index contributed by atoms with van der Waals surface area (Å²) in [4.78, 5) is 16.7. The Morgan fingerprint density at radius 2 is 2.38 bits per heavy atom. The summed E-state index contributed by atoms with van der Waals surface area (Å²) in [5.74, 6) is 1.35. The molecule has 1 saturated carbocycles. The van der Waals surface area contributed by atoms with Gasteiger partial charge in [-0.25, -0.2) is 4.98 Å². The standard InChI is InChI=1S/C16H27N3O2/c1-4-14-18-10-12-19(14)11-8-13-7-6-9-16(13,17-3)15(20)21-5-2/h10,12-13,17H,4-9,11H2,1-3H3. The van der Waals surface area contributed by atoms with Crippen molar-refractivity contribution in [1.29, 1.82) is 0 Å². The average Bonchev–Trinajstić information content (AvgIpc) is 3.11. The molecular formula is C16H27N3O2. The van der Waals surface area contributed by atoms with E-state index in [1.807, 2.05) is 26.4 Å². The molecule has 1 aromatic heterocycles. The highest BCUT2D eigenvalue weighted by Gasteiger charge is 2.48. The Labute approximate surface area is 127 Å². The summed E-state index contributed by atoms with van der Waals surface area (Å²) < 4.78 is 7.51. The van der Waals surface area contributed by atoms with Crippen molar-refractivity contribution in [3.05, 3.63) is 18.2 Å². The molecule has 1 aliphatic carbocycles. The second kappa shape index (κ2) is 7.07. The molecule has 0 bridgehead atoms. The molecule has 1 N–H and O–H groups in total. The average molecular weight is 293 g/mol. The van der Waals surface area contributed by atoms with Crippen LogP contribution in [0.15, 0.2) is 12.4 Å². The van der Waals surface area contributed by atoms with E-state index in [1.54, 1.807) is 0 Å². The van der Waals surface area contributed by atoms with Crippen molar-refractivity contribution in [3.63, 3.8) is 0 Å². The highest BCUT2D eigenvalue weighted by molar-refractivity contribution is 5.81. The molecule has 1 heterocycles. The van der Waals surface area contributed by atoms with Crippen molar-refractivity contribution < 1.29 is 9.53 Å². The lowest BCUT2D eigenvalue weighted by Gasteiger charge is -2.33. The molecule has 2 rings (SSSR count). The Hall–Kier alpha value is -1.36. The van der Waals surface area contributed by atoms with E-state index >= 15 is 0 Å². The number of aromatic nitrogens is 2. The van der Waals surface area contributed by atoms with Crippen LogP contribution in [0.1, 0.15) is 45.4 Å². The van der Waals surface area contributed by atoms with Gasteiger partial charge in [0.15, 0.2) is 0 Å². The molecule has 21 heavy (non-hydrogen) atoms. The number of esters is 1. The lowest BCUT2D eigenvalue weighted by Crippen LogP contribution is -2.54. The van der Waals surface area contributed by atoms with Gasteiger partial charge in [-0.2, -0.15) is 0 Å². The molecule has 0 aliphatic heterocycles. The zero-order chi connectivity index (χ0) is 15.3. The van der Waals surface area contributed by atoms with Crippen LogP contribution in [0.5, 0.6) is 0 Å². The third-order valence-electron chi connectivity index (χ3n) is 4.74. The Bertz CT molecular complexity index is 472. The van der Waals surface area contributed by atoms with E-state index in [-0.39, 0.29) is 5.97 Å². The SMILES string of the molecule is CCOC(=O)C1(NC)CCCC1CCn1ccnc1CC. The number of likely N-dealkylation sites (N-methyl/N-ethyl adjacent to an activating group) is 1. The van der Waals surface area contributed by atoms with E-state index in [2.05, 4.69) is 21.8 Å². The molecule has 0 spiro atoms. The van der Waals surface area contributed by atoms with Crippen molar-refractivity contribution >= 4 is 5.97 Å². The van der Waals surface area contributed by atoms with Gasteiger partial charge in [0.2, 0.25) is 0 Å². The van der Waals surface area contributed by atoms with Crippen molar-refractivity contribution in [1.82, 2.24) is 14.9 Å². The van der Waals surface area contributed by atoms with E-state index in [4.69, 9.17) is 4.74 Å². The van der Waals surface area contributed by atoms with Crippen LogP contribution in [0.4, 0.5) is 0 Å². The van der Waals surface area contributed by atoms with Crippen LogP contribution < -0.4 is 5.32 Å². The van der Waals surface area contributed by atoms with Gasteiger partial charge >= 0.3 is 5.97 Å². The topological polar surface area (TPSA) is 56.1 Å². The maximum absolute atomic E-state index is 12.4. The van der Waals surface area contributed by atoms with Gasteiger partial charge in [0, 0.05) is 25.4 Å². The number of carbonyl (C=O) groups is 1. The first-order chi connectivity index (χ1) is 10.2. The van der Waals surface area contributed by atoms with Crippen LogP contribution >= 0.6 is 0 Å². The highest BCUT2D eigenvalue weighted by Crippen LogP contribution is 2.39. The fourth-order valence-corrected chi connectivity index (χ4v) is 3.58. The Kier molecular flexibility index (Phi) is 5.39. The monoisotopic (exact) mass is 293 g/mol. The van der Waals surface area contributed by atoms with Crippen molar-refractivity contribution in [2.45, 2.75) is 58.0 Å². The number of ether oxygens (including phenoxy) is 1. The van der Waals surface area contributed by atoms with E-state index in [0.717, 1.165) is 44.5 Å². The molecule has 0 aromatic carbocycles. The van der Waals surface area contributed by atoms with E-state index in [1.165, 1.54) is 0 Å². The number of aryl methyl sites for hydroxylation is 2. The fourth-order valence-electron chi connectivity index (χ4n) is 3.58. The first-order valence-electron chi connectivity index (χ1n) is 8.04. The number of nitrogens with zero attached hydrogens (tertiary/aromatic N) is 2. The van der Waals surface area contributed by atoms with E-state index in [9.17, 15) is 4.79 Å². The molecule has 118 valence electrons. The van der Waals surface area contributed by atoms with Crippen LogP contribution in [0.25, 0.3) is 0 Å². The van der Waals surface area contributed by atoms with Crippen LogP contribution in [-0.4, -0.2) is 34.7 Å². The molecule has 1 aromatic rings. The van der Waals surface area contributed by atoms with Gasteiger partial charge in [0.1, 0.15) is 11.4 Å².